The van der Waals surface area contributed by atoms with Crippen molar-refractivity contribution in [2.45, 2.75) is 18.9 Å². The quantitative estimate of drug-likeness (QED) is 0.877. The molecule has 2 rings (SSSR count). The summed E-state index contributed by atoms with van der Waals surface area (Å²) in [5.74, 6) is 0.293. The van der Waals surface area contributed by atoms with E-state index in [1.54, 1.807) is 4.90 Å². The Morgan fingerprint density at radius 3 is 2.86 bits per heavy atom. The van der Waals surface area contributed by atoms with Gasteiger partial charge in [0.15, 0.2) is 0 Å². The lowest BCUT2D eigenvalue weighted by molar-refractivity contribution is -0.119. The monoisotopic (exact) mass is 312 g/mol. The Labute approximate surface area is 124 Å². The summed E-state index contributed by atoms with van der Waals surface area (Å²) in [5, 5.41) is 0. The van der Waals surface area contributed by atoms with Gasteiger partial charge in [-0.3, -0.25) is 4.79 Å². The van der Waals surface area contributed by atoms with Crippen molar-refractivity contribution in [3.8, 4) is 5.75 Å². The SMILES string of the molecule is CS(=O)(=O)CCC(N)C(=O)N1CCCOc2ccccc21. The van der Waals surface area contributed by atoms with Crippen LogP contribution in [0.4, 0.5) is 5.69 Å². The van der Waals surface area contributed by atoms with E-state index in [0.29, 0.717) is 31.0 Å². The number of hydrogen-bond donors (Lipinski definition) is 1. The first-order valence-electron chi connectivity index (χ1n) is 6.85. The lowest BCUT2D eigenvalue weighted by Gasteiger charge is -2.24. The number of amides is 1. The van der Waals surface area contributed by atoms with Gasteiger partial charge in [-0.25, -0.2) is 8.42 Å². The molecule has 1 aliphatic heterocycles. The average Bonchev–Trinajstić information content (AvgIpc) is 2.65. The highest BCUT2D eigenvalue weighted by atomic mass is 32.2. The van der Waals surface area contributed by atoms with E-state index in [1.165, 1.54) is 0 Å². The fourth-order valence-electron chi connectivity index (χ4n) is 2.22. The van der Waals surface area contributed by atoms with Crippen LogP contribution in [-0.4, -0.2) is 45.5 Å². The molecule has 0 aliphatic carbocycles. The molecule has 1 atom stereocenters. The molecule has 1 aromatic carbocycles. The van der Waals surface area contributed by atoms with Crippen LogP contribution >= 0.6 is 0 Å². The minimum absolute atomic E-state index is 0.0914. The molecule has 1 aromatic rings. The summed E-state index contributed by atoms with van der Waals surface area (Å²) < 4.78 is 28.0. The predicted octanol–water partition coefficient (Wildman–Crippen LogP) is 0.564. The lowest BCUT2D eigenvalue weighted by Crippen LogP contribution is -2.45. The molecule has 0 spiro atoms. The molecule has 0 saturated carbocycles. The zero-order chi connectivity index (χ0) is 15.5. The maximum Gasteiger partial charge on any atom is 0.244 e. The van der Waals surface area contributed by atoms with Crippen molar-refractivity contribution in [1.82, 2.24) is 0 Å². The number of nitrogens with two attached hydrogens (primary N) is 1. The highest BCUT2D eigenvalue weighted by molar-refractivity contribution is 7.90. The Morgan fingerprint density at radius 2 is 2.14 bits per heavy atom. The third kappa shape index (κ3) is 4.18. The number of carbonyl (C=O) groups excluding carboxylic acids is 1. The van der Waals surface area contributed by atoms with Crippen molar-refractivity contribution in [1.29, 1.82) is 0 Å². The summed E-state index contributed by atoms with van der Waals surface area (Å²) in [6.07, 6.45) is 1.97. The van der Waals surface area contributed by atoms with E-state index in [4.69, 9.17) is 10.5 Å². The van der Waals surface area contributed by atoms with Gasteiger partial charge in [0.1, 0.15) is 15.6 Å². The number of fused-ring (bicyclic) bond motifs is 1. The number of benzene rings is 1. The van der Waals surface area contributed by atoms with Crippen LogP contribution in [-0.2, 0) is 14.6 Å². The molecule has 1 heterocycles. The Kier molecular flexibility index (Phi) is 4.84. The molecule has 1 aliphatic rings. The minimum atomic E-state index is -3.13. The lowest BCUT2D eigenvalue weighted by atomic mass is 10.1. The fraction of sp³-hybridized carbons (Fsp3) is 0.500. The minimum Gasteiger partial charge on any atom is -0.491 e. The van der Waals surface area contributed by atoms with Gasteiger partial charge < -0.3 is 15.4 Å². The van der Waals surface area contributed by atoms with E-state index in [2.05, 4.69) is 0 Å². The summed E-state index contributed by atoms with van der Waals surface area (Å²) in [5.41, 5.74) is 6.56. The van der Waals surface area contributed by atoms with Crippen LogP contribution in [0.25, 0.3) is 0 Å². The van der Waals surface area contributed by atoms with E-state index in [9.17, 15) is 13.2 Å². The number of sulfone groups is 1. The molecular formula is C14H20N2O4S. The average molecular weight is 312 g/mol. The van der Waals surface area contributed by atoms with Gasteiger partial charge in [-0.2, -0.15) is 0 Å². The predicted molar refractivity (Wildman–Crippen MR) is 81.2 cm³/mol. The van der Waals surface area contributed by atoms with Gasteiger partial charge >= 0.3 is 0 Å². The van der Waals surface area contributed by atoms with Gasteiger partial charge in [-0.05, 0) is 25.0 Å². The number of rotatable bonds is 4. The van der Waals surface area contributed by atoms with E-state index in [1.807, 2.05) is 24.3 Å². The third-order valence-electron chi connectivity index (χ3n) is 3.32. The molecule has 116 valence electrons. The number of nitrogens with zero attached hydrogens (tertiary/aromatic N) is 1. The molecule has 1 unspecified atom stereocenters. The molecule has 0 aromatic heterocycles. The molecule has 1 amide bonds. The van der Waals surface area contributed by atoms with Gasteiger partial charge in [0.05, 0.1) is 24.1 Å². The van der Waals surface area contributed by atoms with Crippen LogP contribution in [0.5, 0.6) is 5.75 Å². The normalized spacial score (nSPS) is 16.6. The third-order valence-corrected chi connectivity index (χ3v) is 4.30. The number of carbonyl (C=O) groups is 1. The van der Waals surface area contributed by atoms with Crippen LogP contribution in [0.1, 0.15) is 12.8 Å². The maximum atomic E-state index is 12.5. The van der Waals surface area contributed by atoms with Crippen LogP contribution in [0.3, 0.4) is 0 Å². The number of ether oxygens (including phenoxy) is 1. The van der Waals surface area contributed by atoms with E-state index < -0.39 is 15.9 Å². The fourth-order valence-corrected chi connectivity index (χ4v) is 2.90. The van der Waals surface area contributed by atoms with Crippen molar-refractivity contribution < 1.29 is 17.9 Å². The molecule has 21 heavy (non-hydrogen) atoms. The molecule has 6 nitrogen and oxygen atoms in total. The van der Waals surface area contributed by atoms with Gasteiger partial charge in [0.2, 0.25) is 5.91 Å². The second kappa shape index (κ2) is 6.44. The largest absolute Gasteiger partial charge is 0.491 e. The maximum absolute atomic E-state index is 12.5. The van der Waals surface area contributed by atoms with Crippen LogP contribution in [0.2, 0.25) is 0 Å². The highest BCUT2D eigenvalue weighted by Gasteiger charge is 2.26. The molecule has 0 radical (unpaired) electrons. The smallest absolute Gasteiger partial charge is 0.244 e. The van der Waals surface area contributed by atoms with E-state index in [0.717, 1.165) is 6.26 Å². The molecule has 2 N–H and O–H groups in total. The zero-order valence-electron chi connectivity index (χ0n) is 12.0. The molecule has 7 heteroatoms. The first-order chi connectivity index (χ1) is 9.88. The summed E-state index contributed by atoms with van der Waals surface area (Å²) in [6.45, 7) is 1.06. The van der Waals surface area contributed by atoms with Crippen LogP contribution in [0, 0.1) is 0 Å². The second-order valence-electron chi connectivity index (χ2n) is 5.18. The molecule has 0 saturated heterocycles. The summed E-state index contributed by atoms with van der Waals surface area (Å²) in [7, 11) is -3.13. The van der Waals surface area contributed by atoms with Crippen molar-refractivity contribution in [2.24, 2.45) is 5.73 Å². The summed E-state index contributed by atoms with van der Waals surface area (Å²) >= 11 is 0. The zero-order valence-corrected chi connectivity index (χ0v) is 12.8. The van der Waals surface area contributed by atoms with Crippen LogP contribution < -0.4 is 15.4 Å². The van der Waals surface area contributed by atoms with Crippen molar-refractivity contribution >= 4 is 21.4 Å². The molecule has 0 bridgehead atoms. The van der Waals surface area contributed by atoms with Gasteiger partial charge in [0, 0.05) is 12.8 Å². The van der Waals surface area contributed by atoms with Crippen molar-refractivity contribution in [3.05, 3.63) is 24.3 Å². The number of hydrogen-bond acceptors (Lipinski definition) is 5. The standard InChI is InChI=1S/C14H20N2O4S/c1-21(18,19)10-7-11(15)14(17)16-8-4-9-20-13-6-3-2-5-12(13)16/h2-3,5-6,11H,4,7-10,15H2,1H3. The highest BCUT2D eigenvalue weighted by Crippen LogP contribution is 2.30. The van der Waals surface area contributed by atoms with Gasteiger partial charge in [-0.1, -0.05) is 12.1 Å². The van der Waals surface area contributed by atoms with Gasteiger partial charge in [-0.15, -0.1) is 0 Å². The first-order valence-corrected chi connectivity index (χ1v) is 8.91. The Morgan fingerprint density at radius 1 is 1.43 bits per heavy atom. The Balaban J connectivity index is 2.15. The number of para-hydroxylation sites is 2. The van der Waals surface area contributed by atoms with E-state index >= 15 is 0 Å². The topological polar surface area (TPSA) is 89.7 Å². The molecule has 0 fully saturated rings. The summed E-state index contributed by atoms with van der Waals surface area (Å²) in [6, 6.07) is 6.46. The van der Waals surface area contributed by atoms with E-state index in [-0.39, 0.29) is 18.1 Å². The van der Waals surface area contributed by atoms with Crippen LogP contribution in [0.15, 0.2) is 24.3 Å². The second-order valence-corrected chi connectivity index (χ2v) is 7.44. The summed E-state index contributed by atoms with van der Waals surface area (Å²) in [4.78, 5) is 14.1. The Hall–Kier alpha value is -1.60. The van der Waals surface area contributed by atoms with Crippen molar-refractivity contribution in [3.63, 3.8) is 0 Å². The molecular weight excluding hydrogens is 292 g/mol. The Bertz CT molecular complexity index is 615. The first kappa shape index (κ1) is 15.8. The number of anilines is 1. The van der Waals surface area contributed by atoms with Gasteiger partial charge in [0.25, 0.3) is 0 Å². The van der Waals surface area contributed by atoms with Crippen molar-refractivity contribution in [2.75, 3.05) is 30.1 Å².